The van der Waals surface area contributed by atoms with Crippen molar-refractivity contribution in [2.45, 2.75) is 19.9 Å². The van der Waals surface area contributed by atoms with Crippen molar-refractivity contribution < 1.29 is 9.59 Å². The average molecular weight is 392 g/mol. The number of hydrogen-bond acceptors (Lipinski definition) is 5. The quantitative estimate of drug-likeness (QED) is 0.627. The summed E-state index contributed by atoms with van der Waals surface area (Å²) in [6.45, 7) is 3.63. The van der Waals surface area contributed by atoms with Gasteiger partial charge in [-0.25, -0.2) is 0 Å². The molecule has 1 heterocycles. The lowest BCUT2D eigenvalue weighted by atomic mass is 10.2. The highest BCUT2D eigenvalue weighted by Crippen LogP contribution is 2.26. The normalized spacial score (nSPS) is 11.9. The SMILES string of the molecule is Cc1ccc(-c2nnc(NC(=O)[C@@H](C)NC(=O)/C=C/c3ccccc3)s2)cc1. The van der Waals surface area contributed by atoms with E-state index < -0.39 is 6.04 Å². The molecule has 1 atom stereocenters. The second-order valence-electron chi connectivity index (χ2n) is 6.24. The third kappa shape index (κ3) is 5.34. The second kappa shape index (κ2) is 9.05. The Morgan fingerprint density at radius 3 is 2.46 bits per heavy atom. The van der Waals surface area contributed by atoms with Crippen LogP contribution in [0.15, 0.2) is 60.7 Å². The molecule has 0 saturated heterocycles. The van der Waals surface area contributed by atoms with E-state index in [1.807, 2.05) is 61.5 Å². The van der Waals surface area contributed by atoms with Gasteiger partial charge in [0, 0.05) is 11.6 Å². The molecule has 2 amide bonds. The lowest BCUT2D eigenvalue weighted by Gasteiger charge is -2.11. The third-order valence-electron chi connectivity index (χ3n) is 3.93. The van der Waals surface area contributed by atoms with Gasteiger partial charge in [-0.3, -0.25) is 14.9 Å². The Kier molecular flexibility index (Phi) is 6.29. The molecule has 0 spiro atoms. The molecular weight excluding hydrogens is 372 g/mol. The first-order valence-electron chi connectivity index (χ1n) is 8.76. The summed E-state index contributed by atoms with van der Waals surface area (Å²) in [5.41, 5.74) is 3.01. The highest BCUT2D eigenvalue weighted by molar-refractivity contribution is 7.18. The summed E-state index contributed by atoms with van der Waals surface area (Å²) in [5.74, 6) is -0.697. The molecule has 6 nitrogen and oxygen atoms in total. The first-order valence-corrected chi connectivity index (χ1v) is 9.58. The number of rotatable bonds is 6. The van der Waals surface area contributed by atoms with Gasteiger partial charge in [0.1, 0.15) is 11.0 Å². The molecule has 0 saturated carbocycles. The summed E-state index contributed by atoms with van der Waals surface area (Å²) in [7, 11) is 0. The molecule has 0 aliphatic rings. The van der Waals surface area contributed by atoms with Crippen molar-refractivity contribution in [2.24, 2.45) is 0 Å². The van der Waals surface area contributed by atoms with E-state index in [4.69, 9.17) is 0 Å². The first-order chi connectivity index (χ1) is 13.5. The van der Waals surface area contributed by atoms with Gasteiger partial charge >= 0.3 is 0 Å². The molecule has 3 rings (SSSR count). The monoisotopic (exact) mass is 392 g/mol. The zero-order valence-corrected chi connectivity index (χ0v) is 16.4. The summed E-state index contributed by atoms with van der Waals surface area (Å²) in [6, 6.07) is 16.7. The number of anilines is 1. The Balaban J connectivity index is 1.55. The van der Waals surface area contributed by atoms with Crippen LogP contribution in [-0.2, 0) is 9.59 Å². The van der Waals surface area contributed by atoms with Crippen molar-refractivity contribution >= 4 is 34.4 Å². The summed E-state index contributed by atoms with van der Waals surface area (Å²) < 4.78 is 0. The maximum atomic E-state index is 12.3. The summed E-state index contributed by atoms with van der Waals surface area (Å²) in [6.07, 6.45) is 3.10. The molecule has 0 unspecified atom stereocenters. The van der Waals surface area contributed by atoms with Gasteiger partial charge in [0.05, 0.1) is 0 Å². The van der Waals surface area contributed by atoms with Crippen LogP contribution in [0.5, 0.6) is 0 Å². The molecule has 2 N–H and O–H groups in total. The Bertz CT molecular complexity index is 981. The molecule has 3 aromatic rings. The van der Waals surface area contributed by atoms with Crippen LogP contribution in [0.2, 0.25) is 0 Å². The van der Waals surface area contributed by atoms with Crippen molar-refractivity contribution in [3.63, 3.8) is 0 Å². The molecule has 142 valence electrons. The number of amides is 2. The third-order valence-corrected chi connectivity index (χ3v) is 4.82. The van der Waals surface area contributed by atoms with Gasteiger partial charge in [0.15, 0.2) is 0 Å². The second-order valence-corrected chi connectivity index (χ2v) is 7.22. The lowest BCUT2D eigenvalue weighted by molar-refractivity contribution is -0.123. The van der Waals surface area contributed by atoms with Crippen LogP contribution in [0.25, 0.3) is 16.6 Å². The molecule has 7 heteroatoms. The Morgan fingerprint density at radius 1 is 1.04 bits per heavy atom. The van der Waals surface area contributed by atoms with Crippen molar-refractivity contribution in [1.82, 2.24) is 15.5 Å². The molecule has 0 aliphatic heterocycles. The first kappa shape index (κ1) is 19.4. The predicted molar refractivity (Wildman–Crippen MR) is 112 cm³/mol. The van der Waals surface area contributed by atoms with E-state index in [0.717, 1.165) is 21.7 Å². The summed E-state index contributed by atoms with van der Waals surface area (Å²) >= 11 is 1.28. The molecule has 0 fully saturated rings. The Morgan fingerprint density at radius 2 is 1.75 bits per heavy atom. The van der Waals surface area contributed by atoms with E-state index in [-0.39, 0.29) is 11.8 Å². The van der Waals surface area contributed by atoms with E-state index in [0.29, 0.717) is 5.13 Å². The zero-order valence-electron chi connectivity index (χ0n) is 15.5. The largest absolute Gasteiger partial charge is 0.341 e. The fourth-order valence-corrected chi connectivity index (χ4v) is 3.12. The van der Waals surface area contributed by atoms with Crippen molar-refractivity contribution in [3.05, 3.63) is 71.8 Å². The number of aromatic nitrogens is 2. The number of carbonyl (C=O) groups excluding carboxylic acids is 2. The van der Waals surface area contributed by atoms with Gasteiger partial charge in [0.25, 0.3) is 0 Å². The van der Waals surface area contributed by atoms with Crippen LogP contribution in [-0.4, -0.2) is 28.1 Å². The Hall–Kier alpha value is -3.32. The predicted octanol–water partition coefficient (Wildman–Crippen LogP) is 3.67. The maximum Gasteiger partial charge on any atom is 0.248 e. The van der Waals surface area contributed by atoms with Gasteiger partial charge in [-0.1, -0.05) is 71.5 Å². The molecule has 28 heavy (non-hydrogen) atoms. The van der Waals surface area contributed by atoms with Gasteiger partial charge in [-0.05, 0) is 25.5 Å². The highest BCUT2D eigenvalue weighted by Gasteiger charge is 2.17. The molecule has 0 bridgehead atoms. The van der Waals surface area contributed by atoms with E-state index in [9.17, 15) is 9.59 Å². The number of aryl methyl sites for hydroxylation is 1. The van der Waals surface area contributed by atoms with E-state index in [1.54, 1.807) is 13.0 Å². The minimum atomic E-state index is -0.709. The average Bonchev–Trinajstić information content (AvgIpc) is 3.16. The molecule has 0 radical (unpaired) electrons. The molecule has 0 aliphatic carbocycles. The summed E-state index contributed by atoms with van der Waals surface area (Å²) in [4.78, 5) is 24.3. The van der Waals surface area contributed by atoms with E-state index in [1.165, 1.54) is 17.4 Å². The highest BCUT2D eigenvalue weighted by atomic mass is 32.1. The van der Waals surface area contributed by atoms with Gasteiger partial charge < -0.3 is 5.32 Å². The maximum absolute atomic E-state index is 12.3. The smallest absolute Gasteiger partial charge is 0.248 e. The van der Waals surface area contributed by atoms with Crippen LogP contribution in [0.4, 0.5) is 5.13 Å². The molecule has 1 aromatic heterocycles. The van der Waals surface area contributed by atoms with E-state index in [2.05, 4.69) is 20.8 Å². The number of benzene rings is 2. The van der Waals surface area contributed by atoms with Crippen LogP contribution in [0.1, 0.15) is 18.1 Å². The summed E-state index contributed by atoms with van der Waals surface area (Å²) in [5, 5.41) is 14.5. The zero-order chi connectivity index (χ0) is 19.9. The molecular formula is C21H20N4O2S. The number of nitrogens with one attached hydrogen (secondary N) is 2. The van der Waals surface area contributed by atoms with Crippen LogP contribution < -0.4 is 10.6 Å². The standard InChI is InChI=1S/C21H20N4O2S/c1-14-8-11-17(12-9-14)20-24-25-21(28-20)23-19(27)15(2)22-18(26)13-10-16-6-4-3-5-7-16/h3-13,15H,1-2H3,(H,22,26)(H,23,25,27)/b13-10+/t15-/m1/s1. The number of hydrogen-bond donors (Lipinski definition) is 2. The van der Waals surface area contributed by atoms with Crippen LogP contribution in [0, 0.1) is 6.92 Å². The van der Waals surface area contributed by atoms with Crippen molar-refractivity contribution in [1.29, 1.82) is 0 Å². The van der Waals surface area contributed by atoms with Crippen molar-refractivity contribution in [3.8, 4) is 10.6 Å². The van der Waals surface area contributed by atoms with Gasteiger partial charge in [0.2, 0.25) is 16.9 Å². The molecule has 2 aromatic carbocycles. The minimum Gasteiger partial charge on any atom is -0.341 e. The van der Waals surface area contributed by atoms with Crippen LogP contribution >= 0.6 is 11.3 Å². The van der Waals surface area contributed by atoms with Gasteiger partial charge in [-0.2, -0.15) is 0 Å². The fraction of sp³-hybridized carbons (Fsp3) is 0.143. The lowest BCUT2D eigenvalue weighted by Crippen LogP contribution is -2.40. The number of carbonyl (C=O) groups is 2. The van der Waals surface area contributed by atoms with Crippen molar-refractivity contribution in [2.75, 3.05) is 5.32 Å². The Labute approximate surface area is 167 Å². The van der Waals surface area contributed by atoms with E-state index >= 15 is 0 Å². The fourth-order valence-electron chi connectivity index (χ4n) is 2.36. The minimum absolute atomic E-state index is 0.343. The number of nitrogens with zero attached hydrogens (tertiary/aromatic N) is 2. The topological polar surface area (TPSA) is 84.0 Å². The van der Waals surface area contributed by atoms with Crippen LogP contribution in [0.3, 0.4) is 0 Å². The van der Waals surface area contributed by atoms with Gasteiger partial charge in [-0.15, -0.1) is 10.2 Å².